The minimum absolute atomic E-state index is 0.0962. The summed E-state index contributed by atoms with van der Waals surface area (Å²) in [5.74, 6) is -0.266. The third-order valence-corrected chi connectivity index (χ3v) is 6.68. The second-order valence-corrected chi connectivity index (χ2v) is 8.56. The molecule has 0 aromatic heterocycles. The molecule has 1 saturated carbocycles. The third-order valence-electron chi connectivity index (χ3n) is 4.75. The predicted octanol–water partition coefficient (Wildman–Crippen LogP) is 2.29. The van der Waals surface area contributed by atoms with E-state index in [0.29, 0.717) is 44.3 Å². The molecule has 1 saturated heterocycles. The molecular weight excluding hydrogens is 331 g/mol. The number of piperidine rings is 1. The van der Waals surface area contributed by atoms with E-state index < -0.39 is 15.8 Å². The Bertz CT molecular complexity index is 696. The van der Waals surface area contributed by atoms with Crippen molar-refractivity contribution >= 4 is 15.9 Å². The Kier molecular flexibility index (Phi) is 5.20. The van der Waals surface area contributed by atoms with Crippen LogP contribution in [0.15, 0.2) is 29.2 Å². The summed E-state index contributed by atoms with van der Waals surface area (Å²) in [4.78, 5) is 11.5. The molecule has 5 nitrogen and oxygen atoms in total. The fourth-order valence-corrected chi connectivity index (χ4v) is 4.63. The highest BCUT2D eigenvalue weighted by molar-refractivity contribution is 7.89. The van der Waals surface area contributed by atoms with Crippen molar-refractivity contribution in [1.29, 1.82) is 0 Å². The summed E-state index contributed by atoms with van der Waals surface area (Å²) < 4.78 is 40.2. The second kappa shape index (κ2) is 7.19. The number of rotatable bonds is 6. The van der Waals surface area contributed by atoms with Gasteiger partial charge in [-0.3, -0.25) is 4.79 Å². The lowest BCUT2D eigenvalue weighted by Gasteiger charge is -2.31. The van der Waals surface area contributed by atoms with Crippen LogP contribution in [0.3, 0.4) is 0 Å². The Morgan fingerprint density at radius 1 is 1.17 bits per heavy atom. The largest absolute Gasteiger partial charge is 0.353 e. The molecule has 3 rings (SSSR count). The molecule has 1 aliphatic heterocycles. The minimum Gasteiger partial charge on any atom is -0.353 e. The SMILES string of the molecule is O=C(CCC1CCN(S(=O)(=O)c2ccccc2F)CC1)NC1CC1. The molecule has 0 unspecified atom stereocenters. The van der Waals surface area contributed by atoms with Crippen LogP contribution in [-0.4, -0.2) is 37.8 Å². The van der Waals surface area contributed by atoms with Gasteiger partial charge in [-0.15, -0.1) is 0 Å². The lowest BCUT2D eigenvalue weighted by atomic mass is 9.93. The van der Waals surface area contributed by atoms with E-state index in [-0.39, 0.29) is 10.8 Å². The number of hydrogen-bond acceptors (Lipinski definition) is 3. The smallest absolute Gasteiger partial charge is 0.245 e. The highest BCUT2D eigenvalue weighted by Crippen LogP contribution is 2.27. The molecule has 0 atom stereocenters. The van der Waals surface area contributed by atoms with Gasteiger partial charge in [-0.2, -0.15) is 4.31 Å². The van der Waals surface area contributed by atoms with Gasteiger partial charge in [-0.05, 0) is 50.2 Å². The standard InChI is InChI=1S/C17H23FN2O3S/c18-15-3-1-2-4-16(15)24(22,23)20-11-9-13(10-12-20)5-8-17(21)19-14-6-7-14/h1-4,13-14H,5-12H2,(H,19,21). The number of carbonyl (C=O) groups is 1. The topological polar surface area (TPSA) is 66.5 Å². The van der Waals surface area contributed by atoms with Crippen molar-refractivity contribution in [2.24, 2.45) is 5.92 Å². The first-order valence-electron chi connectivity index (χ1n) is 8.51. The molecule has 1 N–H and O–H groups in total. The summed E-state index contributed by atoms with van der Waals surface area (Å²) in [7, 11) is -3.78. The molecule has 7 heteroatoms. The maximum atomic E-state index is 13.8. The summed E-state index contributed by atoms with van der Waals surface area (Å²) >= 11 is 0. The Morgan fingerprint density at radius 3 is 2.46 bits per heavy atom. The van der Waals surface area contributed by atoms with Crippen LogP contribution in [0.2, 0.25) is 0 Å². The van der Waals surface area contributed by atoms with Gasteiger partial charge in [-0.25, -0.2) is 12.8 Å². The van der Waals surface area contributed by atoms with Crippen LogP contribution in [0.1, 0.15) is 38.5 Å². The summed E-state index contributed by atoms with van der Waals surface area (Å²) in [5, 5.41) is 2.97. The van der Waals surface area contributed by atoms with Gasteiger partial charge in [0.25, 0.3) is 0 Å². The predicted molar refractivity (Wildman–Crippen MR) is 88.3 cm³/mol. The van der Waals surface area contributed by atoms with Crippen molar-refractivity contribution in [2.45, 2.75) is 49.5 Å². The molecule has 1 aliphatic carbocycles. The second-order valence-electron chi connectivity index (χ2n) is 6.66. The Hall–Kier alpha value is -1.47. The zero-order chi connectivity index (χ0) is 17.2. The first kappa shape index (κ1) is 17.4. The van der Waals surface area contributed by atoms with Crippen molar-refractivity contribution in [3.8, 4) is 0 Å². The van der Waals surface area contributed by atoms with Crippen LogP contribution >= 0.6 is 0 Å². The average molecular weight is 354 g/mol. The summed E-state index contributed by atoms with van der Waals surface area (Å²) in [6, 6.07) is 5.86. The molecule has 2 aliphatic rings. The van der Waals surface area contributed by atoms with Crippen molar-refractivity contribution in [3.63, 3.8) is 0 Å². The van der Waals surface area contributed by atoms with Crippen molar-refractivity contribution in [1.82, 2.24) is 9.62 Å². The molecule has 0 bridgehead atoms. The summed E-state index contributed by atoms with van der Waals surface area (Å²) in [6.07, 6.45) is 4.87. The van der Waals surface area contributed by atoms with E-state index in [4.69, 9.17) is 0 Å². The zero-order valence-corrected chi connectivity index (χ0v) is 14.4. The van der Waals surface area contributed by atoms with Crippen molar-refractivity contribution < 1.29 is 17.6 Å². The van der Waals surface area contributed by atoms with Gasteiger partial charge in [0.1, 0.15) is 10.7 Å². The van der Waals surface area contributed by atoms with E-state index in [9.17, 15) is 17.6 Å². The highest BCUT2D eigenvalue weighted by atomic mass is 32.2. The lowest BCUT2D eigenvalue weighted by Crippen LogP contribution is -2.39. The first-order valence-corrected chi connectivity index (χ1v) is 9.95. The minimum atomic E-state index is -3.78. The molecule has 0 radical (unpaired) electrons. The van der Waals surface area contributed by atoms with Gasteiger partial charge in [0.15, 0.2) is 0 Å². The van der Waals surface area contributed by atoms with E-state index in [0.717, 1.165) is 25.3 Å². The summed E-state index contributed by atoms with van der Waals surface area (Å²) in [6.45, 7) is 0.761. The molecular formula is C17H23FN2O3S. The van der Waals surface area contributed by atoms with E-state index in [1.54, 1.807) is 0 Å². The van der Waals surface area contributed by atoms with Gasteiger partial charge < -0.3 is 5.32 Å². The van der Waals surface area contributed by atoms with Crippen LogP contribution < -0.4 is 5.32 Å². The Balaban J connectivity index is 1.51. The van der Waals surface area contributed by atoms with Crippen LogP contribution in [-0.2, 0) is 14.8 Å². The number of hydrogen-bond donors (Lipinski definition) is 1. The van der Waals surface area contributed by atoms with Gasteiger partial charge >= 0.3 is 0 Å². The van der Waals surface area contributed by atoms with E-state index in [1.807, 2.05) is 0 Å². The van der Waals surface area contributed by atoms with Crippen LogP contribution in [0.5, 0.6) is 0 Å². The summed E-state index contributed by atoms with van der Waals surface area (Å²) in [5.41, 5.74) is 0. The zero-order valence-electron chi connectivity index (χ0n) is 13.6. The lowest BCUT2D eigenvalue weighted by molar-refractivity contribution is -0.121. The molecule has 1 heterocycles. The average Bonchev–Trinajstić information content (AvgIpc) is 3.37. The van der Waals surface area contributed by atoms with E-state index >= 15 is 0 Å². The van der Waals surface area contributed by atoms with Crippen molar-refractivity contribution in [2.75, 3.05) is 13.1 Å². The van der Waals surface area contributed by atoms with Gasteiger partial charge in [0, 0.05) is 25.6 Å². The molecule has 1 aromatic rings. The first-order chi connectivity index (χ1) is 11.5. The number of carbonyl (C=O) groups excluding carboxylic acids is 1. The molecule has 1 amide bonds. The molecule has 24 heavy (non-hydrogen) atoms. The Labute approximate surface area is 142 Å². The van der Waals surface area contributed by atoms with Crippen molar-refractivity contribution in [3.05, 3.63) is 30.1 Å². The molecule has 2 fully saturated rings. The molecule has 132 valence electrons. The maximum absolute atomic E-state index is 13.8. The van der Waals surface area contributed by atoms with Crippen LogP contribution in [0, 0.1) is 11.7 Å². The quantitative estimate of drug-likeness (QED) is 0.852. The van der Waals surface area contributed by atoms with Crippen LogP contribution in [0.4, 0.5) is 4.39 Å². The molecule has 0 spiro atoms. The maximum Gasteiger partial charge on any atom is 0.245 e. The van der Waals surface area contributed by atoms with Crippen LogP contribution in [0.25, 0.3) is 0 Å². The normalized spacial score (nSPS) is 20.0. The number of nitrogens with one attached hydrogen (secondary N) is 1. The number of sulfonamides is 1. The Morgan fingerprint density at radius 2 is 1.83 bits per heavy atom. The number of amides is 1. The number of nitrogens with zero attached hydrogens (tertiary/aromatic N) is 1. The third kappa shape index (κ3) is 4.13. The van der Waals surface area contributed by atoms with E-state index in [1.165, 1.54) is 22.5 Å². The number of benzene rings is 1. The van der Waals surface area contributed by atoms with Gasteiger partial charge in [0.05, 0.1) is 0 Å². The fraction of sp³-hybridized carbons (Fsp3) is 0.588. The number of halogens is 1. The fourth-order valence-electron chi connectivity index (χ4n) is 3.09. The molecule has 1 aromatic carbocycles. The van der Waals surface area contributed by atoms with E-state index in [2.05, 4.69) is 5.32 Å². The van der Waals surface area contributed by atoms with Gasteiger partial charge in [0.2, 0.25) is 15.9 Å². The monoisotopic (exact) mass is 354 g/mol. The highest BCUT2D eigenvalue weighted by Gasteiger charge is 2.31. The van der Waals surface area contributed by atoms with Gasteiger partial charge in [-0.1, -0.05) is 12.1 Å².